The molecule has 114 valence electrons. The Morgan fingerprint density at radius 1 is 1.62 bits per heavy atom. The zero-order valence-electron chi connectivity index (χ0n) is 11.7. The number of hydrogen-bond acceptors (Lipinski definition) is 7. The van der Waals surface area contributed by atoms with Gasteiger partial charge in [0.1, 0.15) is 24.1 Å². The summed E-state index contributed by atoms with van der Waals surface area (Å²) in [5.41, 5.74) is 5.36. The minimum absolute atomic E-state index is 0.0248. The number of aliphatic hydroxyl groups is 2. The summed E-state index contributed by atoms with van der Waals surface area (Å²) in [7, 11) is 1.38. The SMILES string of the molecule is CC#Cc1cn(C2OC(CO)C(O)C2OC)c(=O)nc1N. The molecule has 1 aromatic heterocycles. The summed E-state index contributed by atoms with van der Waals surface area (Å²) in [6.45, 7) is 1.24. The molecule has 1 aliphatic rings. The lowest BCUT2D eigenvalue weighted by Gasteiger charge is -2.20. The first-order valence-electron chi connectivity index (χ1n) is 6.32. The van der Waals surface area contributed by atoms with Crippen molar-refractivity contribution < 1.29 is 19.7 Å². The van der Waals surface area contributed by atoms with Crippen LogP contribution in [0.25, 0.3) is 0 Å². The van der Waals surface area contributed by atoms with Crippen molar-refractivity contribution in [2.75, 3.05) is 19.5 Å². The second-order valence-corrected chi connectivity index (χ2v) is 4.54. The zero-order chi connectivity index (χ0) is 15.6. The van der Waals surface area contributed by atoms with Crippen molar-refractivity contribution in [3.05, 3.63) is 22.2 Å². The second kappa shape index (κ2) is 6.24. The summed E-state index contributed by atoms with van der Waals surface area (Å²) in [5.74, 6) is 5.42. The van der Waals surface area contributed by atoms with E-state index >= 15 is 0 Å². The lowest BCUT2D eigenvalue weighted by Crippen LogP contribution is -2.37. The van der Waals surface area contributed by atoms with E-state index in [2.05, 4.69) is 16.8 Å². The fraction of sp³-hybridized carbons (Fsp3) is 0.538. The van der Waals surface area contributed by atoms with Gasteiger partial charge in [-0.25, -0.2) is 4.79 Å². The molecule has 2 rings (SSSR count). The molecular formula is C13H17N3O5. The molecule has 0 saturated carbocycles. The van der Waals surface area contributed by atoms with Gasteiger partial charge >= 0.3 is 5.69 Å². The Morgan fingerprint density at radius 2 is 2.33 bits per heavy atom. The van der Waals surface area contributed by atoms with Crippen LogP contribution < -0.4 is 11.4 Å². The number of aromatic nitrogens is 2. The Hall–Kier alpha value is -1.92. The van der Waals surface area contributed by atoms with Crippen molar-refractivity contribution in [3.8, 4) is 11.8 Å². The third kappa shape index (κ3) is 2.77. The van der Waals surface area contributed by atoms with Crippen molar-refractivity contribution in [1.29, 1.82) is 0 Å². The first kappa shape index (κ1) is 15.5. The van der Waals surface area contributed by atoms with Crippen LogP contribution >= 0.6 is 0 Å². The summed E-state index contributed by atoms with van der Waals surface area (Å²) in [6, 6.07) is 0. The molecule has 21 heavy (non-hydrogen) atoms. The van der Waals surface area contributed by atoms with Crippen molar-refractivity contribution in [2.45, 2.75) is 31.5 Å². The number of nitrogens with zero attached hydrogens (tertiary/aromatic N) is 2. The highest BCUT2D eigenvalue weighted by Gasteiger charge is 2.45. The van der Waals surface area contributed by atoms with Crippen LogP contribution in [0.1, 0.15) is 18.7 Å². The van der Waals surface area contributed by atoms with E-state index in [1.165, 1.54) is 13.3 Å². The third-order valence-electron chi connectivity index (χ3n) is 3.28. The predicted octanol–water partition coefficient (Wildman–Crippen LogP) is -1.54. The number of ether oxygens (including phenoxy) is 2. The van der Waals surface area contributed by atoms with E-state index in [1.54, 1.807) is 6.92 Å². The first-order valence-corrected chi connectivity index (χ1v) is 6.32. The topological polar surface area (TPSA) is 120 Å². The predicted molar refractivity (Wildman–Crippen MR) is 73.3 cm³/mol. The smallest absolute Gasteiger partial charge is 0.351 e. The van der Waals surface area contributed by atoms with Gasteiger partial charge in [0.05, 0.1) is 12.2 Å². The quantitative estimate of drug-likeness (QED) is 0.578. The largest absolute Gasteiger partial charge is 0.394 e. The standard InChI is InChI=1S/C13H17N3O5/c1-3-4-7-5-16(13(19)15-11(7)14)12-10(20-2)9(18)8(6-17)21-12/h5,8-10,12,17-18H,6H2,1-2H3,(H2,14,15,19). The fourth-order valence-corrected chi connectivity index (χ4v) is 2.24. The molecule has 0 radical (unpaired) electrons. The number of anilines is 1. The van der Waals surface area contributed by atoms with Crippen LogP contribution in [0, 0.1) is 11.8 Å². The van der Waals surface area contributed by atoms with Crippen LogP contribution in [-0.2, 0) is 9.47 Å². The molecule has 1 fully saturated rings. The number of hydrogen-bond donors (Lipinski definition) is 3. The maximum Gasteiger partial charge on any atom is 0.351 e. The Bertz CT molecular complexity index is 633. The van der Waals surface area contributed by atoms with Gasteiger partial charge in [-0.15, -0.1) is 5.92 Å². The van der Waals surface area contributed by atoms with Crippen LogP contribution in [0.3, 0.4) is 0 Å². The van der Waals surface area contributed by atoms with Gasteiger partial charge in [-0.3, -0.25) is 4.57 Å². The highest BCUT2D eigenvalue weighted by atomic mass is 16.6. The van der Waals surface area contributed by atoms with Crippen molar-refractivity contribution in [2.24, 2.45) is 0 Å². The van der Waals surface area contributed by atoms with Crippen LogP contribution in [0.2, 0.25) is 0 Å². The summed E-state index contributed by atoms with van der Waals surface area (Å²) in [4.78, 5) is 15.7. The van der Waals surface area contributed by atoms with Crippen LogP contribution in [-0.4, -0.2) is 51.8 Å². The third-order valence-corrected chi connectivity index (χ3v) is 3.28. The average Bonchev–Trinajstić information content (AvgIpc) is 2.78. The molecule has 4 unspecified atom stereocenters. The van der Waals surface area contributed by atoms with Gasteiger partial charge in [0, 0.05) is 13.3 Å². The normalized spacial score (nSPS) is 28.2. The van der Waals surface area contributed by atoms with Crippen LogP contribution in [0.15, 0.2) is 11.0 Å². The van der Waals surface area contributed by atoms with Crippen molar-refractivity contribution >= 4 is 5.82 Å². The lowest BCUT2D eigenvalue weighted by atomic mass is 10.1. The van der Waals surface area contributed by atoms with E-state index in [9.17, 15) is 15.0 Å². The molecule has 0 bridgehead atoms. The number of nitrogen functional groups attached to an aromatic ring is 1. The van der Waals surface area contributed by atoms with Crippen LogP contribution in [0.5, 0.6) is 0 Å². The molecular weight excluding hydrogens is 278 g/mol. The van der Waals surface area contributed by atoms with E-state index in [-0.39, 0.29) is 5.82 Å². The summed E-state index contributed by atoms with van der Waals surface area (Å²) >= 11 is 0. The molecule has 4 atom stereocenters. The number of nitrogens with two attached hydrogens (primary N) is 1. The molecule has 0 aliphatic carbocycles. The molecule has 2 heterocycles. The van der Waals surface area contributed by atoms with Gasteiger partial charge in [-0.1, -0.05) is 5.92 Å². The highest BCUT2D eigenvalue weighted by molar-refractivity contribution is 5.48. The molecule has 0 spiro atoms. The second-order valence-electron chi connectivity index (χ2n) is 4.54. The van der Waals surface area contributed by atoms with E-state index in [1.807, 2.05) is 0 Å². The fourth-order valence-electron chi connectivity index (χ4n) is 2.24. The van der Waals surface area contributed by atoms with Gasteiger partial charge in [0.25, 0.3) is 0 Å². The van der Waals surface area contributed by atoms with Crippen molar-refractivity contribution in [3.63, 3.8) is 0 Å². The maximum atomic E-state index is 12.0. The van der Waals surface area contributed by atoms with Crippen LogP contribution in [0.4, 0.5) is 5.82 Å². The van der Waals surface area contributed by atoms with E-state index in [0.29, 0.717) is 5.56 Å². The minimum Gasteiger partial charge on any atom is -0.394 e. The summed E-state index contributed by atoms with van der Waals surface area (Å²) in [5, 5.41) is 19.2. The molecule has 8 heteroatoms. The number of aliphatic hydroxyl groups excluding tert-OH is 2. The zero-order valence-corrected chi connectivity index (χ0v) is 11.7. The Morgan fingerprint density at radius 3 is 2.90 bits per heavy atom. The van der Waals surface area contributed by atoms with Gasteiger partial charge in [-0.2, -0.15) is 4.98 Å². The molecule has 4 N–H and O–H groups in total. The van der Waals surface area contributed by atoms with Crippen molar-refractivity contribution in [1.82, 2.24) is 9.55 Å². The lowest BCUT2D eigenvalue weighted by molar-refractivity contribution is -0.0624. The number of methoxy groups -OCH3 is 1. The monoisotopic (exact) mass is 295 g/mol. The molecule has 1 saturated heterocycles. The van der Waals surface area contributed by atoms with Gasteiger partial charge in [0.15, 0.2) is 6.23 Å². The molecule has 0 amide bonds. The summed E-state index contributed by atoms with van der Waals surface area (Å²) < 4.78 is 11.8. The highest BCUT2D eigenvalue weighted by Crippen LogP contribution is 2.30. The van der Waals surface area contributed by atoms with E-state index in [4.69, 9.17) is 15.2 Å². The molecule has 1 aliphatic heterocycles. The maximum absolute atomic E-state index is 12.0. The molecule has 8 nitrogen and oxygen atoms in total. The summed E-state index contributed by atoms with van der Waals surface area (Å²) in [6.07, 6.45) is -2.22. The average molecular weight is 295 g/mol. The van der Waals surface area contributed by atoms with Gasteiger partial charge in [-0.05, 0) is 6.92 Å². The Kier molecular flexibility index (Phi) is 4.59. The Labute approximate surface area is 121 Å². The molecule has 1 aromatic rings. The van der Waals surface area contributed by atoms with Gasteiger partial charge in [0.2, 0.25) is 0 Å². The first-order chi connectivity index (χ1) is 10.0. The van der Waals surface area contributed by atoms with E-state index in [0.717, 1.165) is 4.57 Å². The van der Waals surface area contributed by atoms with Gasteiger partial charge < -0.3 is 25.4 Å². The molecule has 0 aromatic carbocycles. The number of rotatable bonds is 3. The van der Waals surface area contributed by atoms with E-state index < -0.39 is 36.8 Å². The Balaban J connectivity index is 2.47. The minimum atomic E-state index is -1.06.